The third kappa shape index (κ3) is 4.14. The lowest BCUT2D eigenvalue weighted by Crippen LogP contribution is -1.86. The molecule has 0 amide bonds. The Morgan fingerprint density at radius 2 is 2.20 bits per heavy atom. The minimum atomic E-state index is 0.131. The van der Waals surface area contributed by atoms with Gasteiger partial charge in [-0.15, -0.1) is 0 Å². The molecule has 0 N–H and O–H groups in total. The Labute approximate surface area is 63.4 Å². The normalized spacial score (nSPS) is 13.3. The minimum Gasteiger partial charge on any atom is -0.198 e. The van der Waals surface area contributed by atoms with Gasteiger partial charge >= 0.3 is 0 Å². The van der Waals surface area contributed by atoms with Gasteiger partial charge in [0.25, 0.3) is 0 Å². The molecule has 0 heterocycles. The van der Waals surface area contributed by atoms with Crippen LogP contribution < -0.4 is 0 Å². The molecule has 0 aromatic heterocycles. The SMILES string of the molecule is CCC/C=C/C(C#N)CC. The largest absolute Gasteiger partial charge is 0.198 e. The molecule has 1 atom stereocenters. The van der Waals surface area contributed by atoms with Gasteiger partial charge in [0, 0.05) is 0 Å². The maximum Gasteiger partial charge on any atom is 0.0697 e. The summed E-state index contributed by atoms with van der Waals surface area (Å²) in [5, 5.41) is 8.52. The number of hydrogen-bond acceptors (Lipinski definition) is 1. The molecule has 0 saturated carbocycles. The van der Waals surface area contributed by atoms with Crippen molar-refractivity contribution in [3.8, 4) is 6.07 Å². The predicted octanol–water partition coefficient (Wildman–Crippen LogP) is 2.89. The lowest BCUT2D eigenvalue weighted by atomic mass is 10.1. The van der Waals surface area contributed by atoms with Gasteiger partial charge < -0.3 is 0 Å². The van der Waals surface area contributed by atoms with Crippen LogP contribution in [0.15, 0.2) is 12.2 Å². The van der Waals surface area contributed by atoms with Crippen LogP contribution >= 0.6 is 0 Å². The van der Waals surface area contributed by atoms with Crippen LogP contribution in [0, 0.1) is 17.2 Å². The molecule has 10 heavy (non-hydrogen) atoms. The van der Waals surface area contributed by atoms with E-state index in [0.29, 0.717) is 0 Å². The van der Waals surface area contributed by atoms with Gasteiger partial charge in [0.2, 0.25) is 0 Å². The summed E-state index contributed by atoms with van der Waals surface area (Å²) in [4.78, 5) is 0. The molecule has 0 aliphatic heterocycles. The molecular weight excluding hydrogens is 122 g/mol. The monoisotopic (exact) mass is 137 g/mol. The van der Waals surface area contributed by atoms with E-state index in [-0.39, 0.29) is 5.92 Å². The second-order valence-corrected chi connectivity index (χ2v) is 2.36. The molecule has 0 aromatic carbocycles. The number of rotatable bonds is 4. The number of hydrogen-bond donors (Lipinski definition) is 0. The fourth-order valence-electron chi connectivity index (χ4n) is 0.698. The molecule has 0 spiro atoms. The first-order valence-corrected chi connectivity index (χ1v) is 3.91. The average molecular weight is 137 g/mol. The molecule has 0 saturated heterocycles. The van der Waals surface area contributed by atoms with E-state index in [1.54, 1.807) is 0 Å². The Bertz CT molecular complexity index is 130. The van der Waals surface area contributed by atoms with E-state index in [0.717, 1.165) is 12.8 Å². The van der Waals surface area contributed by atoms with E-state index in [2.05, 4.69) is 19.1 Å². The number of nitriles is 1. The predicted molar refractivity (Wildman–Crippen MR) is 43.4 cm³/mol. The lowest BCUT2D eigenvalue weighted by Gasteiger charge is -1.94. The Kier molecular flexibility index (Phi) is 5.86. The topological polar surface area (TPSA) is 23.8 Å². The first-order chi connectivity index (χ1) is 4.85. The van der Waals surface area contributed by atoms with Gasteiger partial charge in [0.05, 0.1) is 12.0 Å². The fraction of sp³-hybridized carbons (Fsp3) is 0.667. The van der Waals surface area contributed by atoms with Crippen LogP contribution in [0.3, 0.4) is 0 Å². The van der Waals surface area contributed by atoms with Crippen molar-refractivity contribution in [2.75, 3.05) is 0 Å². The van der Waals surface area contributed by atoms with E-state index in [1.165, 1.54) is 6.42 Å². The van der Waals surface area contributed by atoms with Crippen molar-refractivity contribution in [1.29, 1.82) is 5.26 Å². The molecule has 1 unspecified atom stereocenters. The molecule has 56 valence electrons. The summed E-state index contributed by atoms with van der Waals surface area (Å²) < 4.78 is 0. The van der Waals surface area contributed by atoms with Crippen molar-refractivity contribution in [3.63, 3.8) is 0 Å². The molecule has 0 aliphatic rings. The van der Waals surface area contributed by atoms with E-state index in [4.69, 9.17) is 5.26 Å². The molecule has 0 bridgehead atoms. The van der Waals surface area contributed by atoms with Crippen molar-refractivity contribution in [2.24, 2.45) is 5.92 Å². The summed E-state index contributed by atoms with van der Waals surface area (Å²) in [6.45, 7) is 4.17. The average Bonchev–Trinajstić information content (AvgIpc) is 1.99. The smallest absolute Gasteiger partial charge is 0.0697 e. The highest BCUT2D eigenvalue weighted by atomic mass is 14.3. The van der Waals surface area contributed by atoms with Crippen molar-refractivity contribution in [1.82, 2.24) is 0 Å². The Hall–Kier alpha value is -0.770. The first kappa shape index (κ1) is 9.23. The highest BCUT2D eigenvalue weighted by Gasteiger charge is 1.95. The van der Waals surface area contributed by atoms with E-state index < -0.39 is 0 Å². The Morgan fingerprint density at radius 1 is 1.50 bits per heavy atom. The van der Waals surface area contributed by atoms with Gasteiger partial charge in [-0.3, -0.25) is 0 Å². The molecule has 0 fully saturated rings. The summed E-state index contributed by atoms with van der Waals surface area (Å²) in [6.07, 6.45) is 7.29. The molecular formula is C9H15N. The van der Waals surface area contributed by atoms with E-state index in [9.17, 15) is 0 Å². The fourth-order valence-corrected chi connectivity index (χ4v) is 0.698. The Morgan fingerprint density at radius 3 is 2.60 bits per heavy atom. The molecule has 0 rings (SSSR count). The van der Waals surface area contributed by atoms with Crippen LogP contribution in [0.2, 0.25) is 0 Å². The van der Waals surface area contributed by atoms with Gasteiger partial charge in [0.15, 0.2) is 0 Å². The highest BCUT2D eigenvalue weighted by Crippen LogP contribution is 2.03. The van der Waals surface area contributed by atoms with Gasteiger partial charge in [-0.2, -0.15) is 5.26 Å². The van der Waals surface area contributed by atoms with Crippen LogP contribution in [0.1, 0.15) is 33.1 Å². The summed E-state index contributed by atoms with van der Waals surface area (Å²) in [5.74, 6) is 0.131. The number of allylic oxidation sites excluding steroid dienone is 2. The molecule has 0 radical (unpaired) electrons. The lowest BCUT2D eigenvalue weighted by molar-refractivity contribution is 0.781. The van der Waals surface area contributed by atoms with Crippen LogP contribution in [0.5, 0.6) is 0 Å². The van der Waals surface area contributed by atoms with Crippen molar-refractivity contribution >= 4 is 0 Å². The van der Waals surface area contributed by atoms with Gasteiger partial charge in [0.1, 0.15) is 0 Å². The van der Waals surface area contributed by atoms with Crippen molar-refractivity contribution in [2.45, 2.75) is 33.1 Å². The quantitative estimate of drug-likeness (QED) is 0.546. The van der Waals surface area contributed by atoms with Gasteiger partial charge in [-0.05, 0) is 12.8 Å². The van der Waals surface area contributed by atoms with E-state index >= 15 is 0 Å². The molecule has 1 nitrogen and oxygen atoms in total. The number of nitrogens with zero attached hydrogens (tertiary/aromatic N) is 1. The summed E-state index contributed by atoms with van der Waals surface area (Å²) >= 11 is 0. The van der Waals surface area contributed by atoms with Crippen LogP contribution in [-0.2, 0) is 0 Å². The Balaban J connectivity index is 3.53. The minimum absolute atomic E-state index is 0.131. The maximum atomic E-state index is 8.52. The zero-order valence-electron chi connectivity index (χ0n) is 6.80. The molecule has 1 heteroatoms. The standard InChI is InChI=1S/C9H15N/c1-3-5-6-7-9(4-2)8-10/h6-7,9H,3-5H2,1-2H3/b7-6+. The van der Waals surface area contributed by atoms with Crippen LogP contribution in [-0.4, -0.2) is 0 Å². The number of unbranched alkanes of at least 4 members (excludes halogenated alkanes) is 1. The summed E-state index contributed by atoms with van der Waals surface area (Å²) in [5.41, 5.74) is 0. The second-order valence-electron chi connectivity index (χ2n) is 2.36. The summed E-state index contributed by atoms with van der Waals surface area (Å²) in [6, 6.07) is 2.22. The third-order valence-electron chi connectivity index (χ3n) is 1.43. The maximum absolute atomic E-state index is 8.52. The van der Waals surface area contributed by atoms with Gasteiger partial charge in [-0.25, -0.2) is 0 Å². The van der Waals surface area contributed by atoms with Crippen LogP contribution in [0.4, 0.5) is 0 Å². The summed E-state index contributed by atoms with van der Waals surface area (Å²) in [7, 11) is 0. The zero-order valence-corrected chi connectivity index (χ0v) is 6.80. The van der Waals surface area contributed by atoms with Crippen molar-refractivity contribution in [3.05, 3.63) is 12.2 Å². The third-order valence-corrected chi connectivity index (χ3v) is 1.43. The molecule has 0 aliphatic carbocycles. The zero-order chi connectivity index (χ0) is 7.82. The van der Waals surface area contributed by atoms with Crippen molar-refractivity contribution < 1.29 is 0 Å². The second kappa shape index (κ2) is 6.35. The van der Waals surface area contributed by atoms with Gasteiger partial charge in [-0.1, -0.05) is 32.4 Å². The van der Waals surface area contributed by atoms with Crippen LogP contribution in [0.25, 0.3) is 0 Å². The highest BCUT2D eigenvalue weighted by molar-refractivity contribution is 4.98. The molecule has 0 aromatic rings. The van der Waals surface area contributed by atoms with E-state index in [1.807, 2.05) is 13.0 Å². The first-order valence-electron chi connectivity index (χ1n) is 3.91.